The van der Waals surface area contributed by atoms with Gasteiger partial charge in [-0.2, -0.15) is 4.31 Å². The number of nitrogens with one attached hydrogen (secondary N) is 1. The lowest BCUT2D eigenvalue weighted by Crippen LogP contribution is -2.30. The highest BCUT2D eigenvalue weighted by atomic mass is 32.2. The molecule has 0 bridgehead atoms. The molecule has 1 aromatic heterocycles. The molecule has 0 saturated carbocycles. The van der Waals surface area contributed by atoms with Crippen LogP contribution in [0.25, 0.3) is 10.9 Å². The molecule has 1 heterocycles. The number of para-hydroxylation sites is 1. The molecule has 1 amide bonds. The molecule has 2 aromatic carbocycles. The average Bonchev–Trinajstić information content (AvgIpc) is 3.10. The van der Waals surface area contributed by atoms with E-state index in [9.17, 15) is 18.0 Å². The van der Waals surface area contributed by atoms with Crippen LogP contribution in [-0.2, 0) is 26.6 Å². The normalized spacial score (nSPS) is 11.6. The first-order chi connectivity index (χ1) is 14.8. The van der Waals surface area contributed by atoms with Crippen molar-refractivity contribution in [3.05, 3.63) is 60.3 Å². The average molecular weight is 444 g/mol. The topological polar surface area (TPSA) is 97.7 Å². The number of aryl methyl sites for hydroxylation is 1. The monoisotopic (exact) mass is 443 g/mol. The molecule has 3 aromatic rings. The number of fused-ring (bicyclic) bond motifs is 1. The molecule has 9 heteroatoms. The van der Waals surface area contributed by atoms with E-state index in [1.54, 1.807) is 20.0 Å². The van der Waals surface area contributed by atoms with Crippen LogP contribution in [0, 0.1) is 0 Å². The van der Waals surface area contributed by atoms with Gasteiger partial charge in [-0.15, -0.1) is 0 Å². The summed E-state index contributed by atoms with van der Waals surface area (Å²) in [6.07, 6.45) is 1.67. The van der Waals surface area contributed by atoms with Gasteiger partial charge in [0.15, 0.2) is 6.61 Å². The van der Waals surface area contributed by atoms with Crippen LogP contribution in [0.4, 0.5) is 5.69 Å². The molecule has 0 aliphatic heterocycles. The summed E-state index contributed by atoms with van der Waals surface area (Å²) in [5.74, 6) is -1.11. The van der Waals surface area contributed by atoms with Crippen molar-refractivity contribution in [2.75, 3.05) is 25.0 Å². The smallest absolute Gasteiger partial charge is 0.340 e. The number of carbonyl (C=O) groups excluding carboxylic acids is 2. The van der Waals surface area contributed by atoms with Gasteiger partial charge in [-0.25, -0.2) is 13.2 Å². The lowest BCUT2D eigenvalue weighted by atomic mass is 10.2. The highest BCUT2D eigenvalue weighted by Gasteiger charge is 2.21. The van der Waals surface area contributed by atoms with Gasteiger partial charge < -0.3 is 14.6 Å². The van der Waals surface area contributed by atoms with Gasteiger partial charge in [0.2, 0.25) is 10.0 Å². The standard InChI is InChI=1S/C22H25N3O5S/c1-4-25(5-2)31(28,29)17-12-10-16(11-13-17)23-21(26)15-30-22(27)19-14-24(3)20-9-7-6-8-18(19)20/h6-14H,4-5,15H2,1-3H3,(H,23,26). The molecule has 0 unspecified atom stereocenters. The predicted octanol–water partition coefficient (Wildman–Crippen LogP) is 3.00. The number of esters is 1. The van der Waals surface area contributed by atoms with E-state index in [0.717, 1.165) is 10.9 Å². The molecule has 31 heavy (non-hydrogen) atoms. The number of rotatable bonds is 8. The number of benzene rings is 2. The third-order valence-corrected chi connectivity index (χ3v) is 7.00. The molecule has 3 rings (SSSR count). The minimum atomic E-state index is -3.57. The van der Waals surface area contributed by atoms with Gasteiger partial charge in [-0.3, -0.25) is 4.79 Å². The van der Waals surface area contributed by atoms with Gasteiger partial charge in [0.25, 0.3) is 5.91 Å². The molecule has 0 saturated heterocycles. The minimum Gasteiger partial charge on any atom is -0.452 e. The van der Waals surface area contributed by atoms with Gasteiger partial charge in [-0.1, -0.05) is 32.0 Å². The molecule has 0 aliphatic carbocycles. The summed E-state index contributed by atoms with van der Waals surface area (Å²) in [6.45, 7) is 3.84. The van der Waals surface area contributed by atoms with Gasteiger partial charge in [0.1, 0.15) is 0 Å². The number of ether oxygens (including phenoxy) is 1. The number of anilines is 1. The Morgan fingerprint density at radius 1 is 1.03 bits per heavy atom. The maximum atomic E-state index is 12.5. The van der Waals surface area contributed by atoms with Crippen LogP contribution in [0.15, 0.2) is 59.6 Å². The fraction of sp³-hybridized carbons (Fsp3) is 0.273. The van der Waals surface area contributed by atoms with Crippen LogP contribution >= 0.6 is 0 Å². The van der Waals surface area contributed by atoms with Crippen LogP contribution in [-0.4, -0.2) is 48.9 Å². The Labute approximate surface area is 181 Å². The van der Waals surface area contributed by atoms with E-state index in [0.29, 0.717) is 24.3 Å². The lowest BCUT2D eigenvalue weighted by Gasteiger charge is -2.18. The van der Waals surface area contributed by atoms with Gasteiger partial charge in [-0.05, 0) is 30.3 Å². The second-order valence-corrected chi connectivity index (χ2v) is 8.85. The van der Waals surface area contributed by atoms with E-state index in [-0.39, 0.29) is 4.90 Å². The van der Waals surface area contributed by atoms with E-state index < -0.39 is 28.5 Å². The van der Waals surface area contributed by atoms with Crippen LogP contribution in [0.5, 0.6) is 0 Å². The van der Waals surface area contributed by atoms with E-state index in [1.807, 2.05) is 35.9 Å². The Morgan fingerprint density at radius 2 is 1.68 bits per heavy atom. The third kappa shape index (κ3) is 4.78. The van der Waals surface area contributed by atoms with E-state index in [4.69, 9.17) is 4.74 Å². The fourth-order valence-corrected chi connectivity index (χ4v) is 4.79. The zero-order valence-corrected chi connectivity index (χ0v) is 18.5. The Morgan fingerprint density at radius 3 is 2.32 bits per heavy atom. The lowest BCUT2D eigenvalue weighted by molar-refractivity contribution is -0.119. The van der Waals surface area contributed by atoms with E-state index >= 15 is 0 Å². The van der Waals surface area contributed by atoms with Gasteiger partial charge >= 0.3 is 5.97 Å². The Balaban J connectivity index is 1.61. The molecule has 8 nitrogen and oxygen atoms in total. The van der Waals surface area contributed by atoms with E-state index in [2.05, 4.69) is 5.32 Å². The number of aromatic nitrogens is 1. The molecular formula is C22H25N3O5S. The van der Waals surface area contributed by atoms with Crippen LogP contribution in [0.2, 0.25) is 0 Å². The number of hydrogen-bond donors (Lipinski definition) is 1. The van der Waals surface area contributed by atoms with Crippen molar-refractivity contribution in [1.82, 2.24) is 8.87 Å². The van der Waals surface area contributed by atoms with Crippen LogP contribution < -0.4 is 5.32 Å². The largest absolute Gasteiger partial charge is 0.452 e. The highest BCUT2D eigenvalue weighted by Crippen LogP contribution is 2.21. The Bertz CT molecular complexity index is 1200. The van der Waals surface area contributed by atoms with Crippen LogP contribution in [0.1, 0.15) is 24.2 Å². The number of carbonyl (C=O) groups is 2. The second-order valence-electron chi connectivity index (χ2n) is 6.91. The SMILES string of the molecule is CCN(CC)S(=O)(=O)c1ccc(NC(=O)COC(=O)c2cn(C)c3ccccc23)cc1. The maximum Gasteiger partial charge on any atom is 0.340 e. The molecule has 0 aliphatic rings. The van der Waals surface area contributed by atoms with Gasteiger partial charge in [0.05, 0.1) is 10.5 Å². The summed E-state index contributed by atoms with van der Waals surface area (Å²) < 4.78 is 33.4. The van der Waals surface area contributed by atoms with Crippen molar-refractivity contribution < 1.29 is 22.7 Å². The van der Waals surface area contributed by atoms with Crippen molar-refractivity contribution in [3.63, 3.8) is 0 Å². The second kappa shape index (κ2) is 9.32. The molecule has 0 fully saturated rings. The molecule has 1 N–H and O–H groups in total. The van der Waals surface area contributed by atoms with Gasteiger partial charge in [0, 0.05) is 42.9 Å². The maximum absolute atomic E-state index is 12.5. The summed E-state index contributed by atoms with van der Waals surface area (Å²) in [6, 6.07) is 13.3. The predicted molar refractivity (Wildman–Crippen MR) is 118 cm³/mol. The van der Waals surface area contributed by atoms with Crippen molar-refractivity contribution in [2.45, 2.75) is 18.7 Å². The highest BCUT2D eigenvalue weighted by molar-refractivity contribution is 7.89. The third-order valence-electron chi connectivity index (χ3n) is 4.93. The number of sulfonamides is 1. The molecule has 164 valence electrons. The Kier molecular flexibility index (Phi) is 6.77. The summed E-state index contributed by atoms with van der Waals surface area (Å²) in [7, 11) is -1.74. The molecule has 0 radical (unpaired) electrons. The first kappa shape index (κ1) is 22.5. The first-order valence-electron chi connectivity index (χ1n) is 9.89. The minimum absolute atomic E-state index is 0.150. The zero-order valence-electron chi connectivity index (χ0n) is 17.7. The number of amides is 1. The number of nitrogens with zero attached hydrogens (tertiary/aromatic N) is 2. The quantitative estimate of drug-likeness (QED) is 0.540. The van der Waals surface area contributed by atoms with Crippen molar-refractivity contribution in [1.29, 1.82) is 0 Å². The Hall–Kier alpha value is -3.17. The first-order valence-corrected chi connectivity index (χ1v) is 11.3. The van der Waals surface area contributed by atoms with Crippen molar-refractivity contribution in [2.24, 2.45) is 7.05 Å². The van der Waals surface area contributed by atoms with E-state index in [1.165, 1.54) is 28.6 Å². The van der Waals surface area contributed by atoms with Crippen LogP contribution in [0.3, 0.4) is 0 Å². The summed E-state index contributed by atoms with van der Waals surface area (Å²) >= 11 is 0. The summed E-state index contributed by atoms with van der Waals surface area (Å²) in [5, 5.41) is 3.35. The molecule has 0 spiro atoms. The molecular weight excluding hydrogens is 418 g/mol. The number of hydrogen-bond acceptors (Lipinski definition) is 5. The van der Waals surface area contributed by atoms with Crippen molar-refractivity contribution >= 4 is 38.5 Å². The molecule has 0 atom stereocenters. The van der Waals surface area contributed by atoms with Crippen molar-refractivity contribution in [3.8, 4) is 0 Å². The summed E-state index contributed by atoms with van der Waals surface area (Å²) in [4.78, 5) is 24.7. The fourth-order valence-electron chi connectivity index (χ4n) is 3.33. The summed E-state index contributed by atoms with van der Waals surface area (Å²) in [5.41, 5.74) is 1.68. The zero-order chi connectivity index (χ0) is 22.6.